The van der Waals surface area contributed by atoms with Gasteiger partial charge in [0, 0.05) is 11.0 Å². The molecule has 0 aromatic heterocycles. The first-order valence-corrected chi connectivity index (χ1v) is 5.96. The first-order valence-electron chi connectivity index (χ1n) is 5.14. The Morgan fingerprint density at radius 2 is 1.78 bits per heavy atom. The SMILES string of the molecule is O=C(NSc1ccccc1)c1ccc(F)cc1F. The van der Waals surface area contributed by atoms with Crippen molar-refractivity contribution in [3.8, 4) is 0 Å². The lowest BCUT2D eigenvalue weighted by atomic mass is 10.2. The highest BCUT2D eigenvalue weighted by molar-refractivity contribution is 7.98. The van der Waals surface area contributed by atoms with Crippen molar-refractivity contribution in [2.75, 3.05) is 0 Å². The Labute approximate surface area is 107 Å². The van der Waals surface area contributed by atoms with Gasteiger partial charge in [-0.05, 0) is 36.2 Å². The number of amides is 1. The predicted octanol–water partition coefficient (Wildman–Crippen LogP) is 3.40. The Morgan fingerprint density at radius 1 is 1.06 bits per heavy atom. The molecule has 1 N–H and O–H groups in total. The summed E-state index contributed by atoms with van der Waals surface area (Å²) in [5, 5.41) is 0. The molecule has 0 aliphatic rings. The van der Waals surface area contributed by atoms with Gasteiger partial charge in [-0.15, -0.1) is 0 Å². The Hall–Kier alpha value is -1.88. The number of rotatable bonds is 3. The van der Waals surface area contributed by atoms with Crippen LogP contribution in [0.4, 0.5) is 8.78 Å². The largest absolute Gasteiger partial charge is 0.292 e. The zero-order valence-electron chi connectivity index (χ0n) is 9.19. The average molecular weight is 265 g/mol. The molecule has 0 atom stereocenters. The summed E-state index contributed by atoms with van der Waals surface area (Å²) in [6.07, 6.45) is 0. The predicted molar refractivity (Wildman–Crippen MR) is 66.1 cm³/mol. The van der Waals surface area contributed by atoms with Crippen molar-refractivity contribution >= 4 is 17.9 Å². The van der Waals surface area contributed by atoms with Crippen molar-refractivity contribution in [3.05, 3.63) is 65.7 Å². The minimum atomic E-state index is -0.874. The molecule has 0 aliphatic heterocycles. The van der Waals surface area contributed by atoms with Crippen LogP contribution in [0.2, 0.25) is 0 Å². The fourth-order valence-corrected chi connectivity index (χ4v) is 1.94. The van der Waals surface area contributed by atoms with Gasteiger partial charge in [0.1, 0.15) is 11.6 Å². The number of hydrogen-bond acceptors (Lipinski definition) is 2. The molecule has 0 bridgehead atoms. The van der Waals surface area contributed by atoms with Gasteiger partial charge in [-0.25, -0.2) is 8.78 Å². The molecule has 2 rings (SSSR count). The van der Waals surface area contributed by atoms with Gasteiger partial charge in [-0.1, -0.05) is 18.2 Å². The van der Waals surface area contributed by atoms with Crippen LogP contribution in [0.25, 0.3) is 0 Å². The first-order chi connectivity index (χ1) is 8.66. The molecule has 18 heavy (non-hydrogen) atoms. The van der Waals surface area contributed by atoms with Crippen molar-refractivity contribution in [3.63, 3.8) is 0 Å². The maximum Gasteiger partial charge on any atom is 0.264 e. The Balaban J connectivity index is 2.04. The smallest absolute Gasteiger partial charge is 0.264 e. The van der Waals surface area contributed by atoms with Gasteiger partial charge in [-0.3, -0.25) is 9.52 Å². The molecule has 0 heterocycles. The van der Waals surface area contributed by atoms with E-state index in [0.717, 1.165) is 29.0 Å². The highest BCUT2D eigenvalue weighted by Crippen LogP contribution is 2.15. The second kappa shape index (κ2) is 5.64. The van der Waals surface area contributed by atoms with Gasteiger partial charge in [0.25, 0.3) is 5.91 Å². The quantitative estimate of drug-likeness (QED) is 0.862. The Morgan fingerprint density at radius 3 is 2.44 bits per heavy atom. The summed E-state index contributed by atoms with van der Waals surface area (Å²) >= 11 is 1.08. The van der Waals surface area contributed by atoms with Crippen molar-refractivity contribution < 1.29 is 13.6 Å². The van der Waals surface area contributed by atoms with Crippen molar-refractivity contribution in [2.24, 2.45) is 0 Å². The van der Waals surface area contributed by atoms with Crippen LogP contribution in [0.1, 0.15) is 10.4 Å². The third kappa shape index (κ3) is 3.07. The number of nitrogens with one attached hydrogen (secondary N) is 1. The van der Waals surface area contributed by atoms with E-state index in [9.17, 15) is 13.6 Å². The van der Waals surface area contributed by atoms with E-state index in [0.29, 0.717) is 6.07 Å². The fraction of sp³-hybridized carbons (Fsp3) is 0. The molecule has 0 saturated heterocycles. The van der Waals surface area contributed by atoms with Gasteiger partial charge in [0.2, 0.25) is 0 Å². The molecule has 2 aromatic carbocycles. The number of carbonyl (C=O) groups is 1. The molecule has 2 aromatic rings. The van der Waals surface area contributed by atoms with E-state index in [-0.39, 0.29) is 5.56 Å². The molecule has 0 fully saturated rings. The summed E-state index contributed by atoms with van der Waals surface area (Å²) < 4.78 is 28.5. The average Bonchev–Trinajstić information content (AvgIpc) is 2.37. The van der Waals surface area contributed by atoms with Crippen LogP contribution in [-0.2, 0) is 0 Å². The molecule has 92 valence electrons. The lowest BCUT2D eigenvalue weighted by Crippen LogP contribution is -2.17. The van der Waals surface area contributed by atoms with E-state index in [1.54, 1.807) is 0 Å². The third-order valence-corrected chi connectivity index (χ3v) is 2.98. The van der Waals surface area contributed by atoms with Crippen LogP contribution in [0.15, 0.2) is 53.4 Å². The minimum Gasteiger partial charge on any atom is -0.292 e. The highest BCUT2D eigenvalue weighted by atomic mass is 32.2. The molecule has 0 saturated carbocycles. The lowest BCUT2D eigenvalue weighted by Gasteiger charge is -2.05. The van der Waals surface area contributed by atoms with Crippen LogP contribution in [-0.4, -0.2) is 5.91 Å². The summed E-state index contributed by atoms with van der Waals surface area (Å²) in [7, 11) is 0. The summed E-state index contributed by atoms with van der Waals surface area (Å²) in [6, 6.07) is 12.0. The van der Waals surface area contributed by atoms with Crippen molar-refractivity contribution in [2.45, 2.75) is 4.90 Å². The topological polar surface area (TPSA) is 29.1 Å². The Kier molecular flexibility index (Phi) is 3.94. The van der Waals surface area contributed by atoms with E-state index in [1.165, 1.54) is 0 Å². The Bertz CT molecular complexity index is 560. The van der Waals surface area contributed by atoms with E-state index in [4.69, 9.17) is 0 Å². The molecule has 0 spiro atoms. The van der Waals surface area contributed by atoms with Crippen molar-refractivity contribution in [1.29, 1.82) is 0 Å². The van der Waals surface area contributed by atoms with Gasteiger partial charge < -0.3 is 0 Å². The molecule has 1 amide bonds. The normalized spacial score (nSPS) is 10.1. The van der Waals surface area contributed by atoms with E-state index in [1.807, 2.05) is 30.3 Å². The van der Waals surface area contributed by atoms with Gasteiger partial charge in [-0.2, -0.15) is 0 Å². The zero-order valence-corrected chi connectivity index (χ0v) is 10.0. The number of benzene rings is 2. The second-order valence-electron chi connectivity index (χ2n) is 3.47. The van der Waals surface area contributed by atoms with Crippen LogP contribution >= 0.6 is 11.9 Å². The maximum atomic E-state index is 13.3. The van der Waals surface area contributed by atoms with E-state index < -0.39 is 17.5 Å². The first kappa shape index (κ1) is 12.6. The van der Waals surface area contributed by atoms with E-state index in [2.05, 4.69) is 4.72 Å². The van der Waals surface area contributed by atoms with Crippen LogP contribution in [0.5, 0.6) is 0 Å². The molecule has 0 radical (unpaired) electrons. The standard InChI is InChI=1S/C13H9F2NOS/c14-9-6-7-11(12(15)8-9)13(17)16-18-10-4-2-1-3-5-10/h1-8H,(H,16,17). The maximum absolute atomic E-state index is 13.3. The highest BCUT2D eigenvalue weighted by Gasteiger charge is 2.12. The molecular formula is C13H9F2NOS. The summed E-state index contributed by atoms with van der Waals surface area (Å²) in [4.78, 5) is 12.5. The van der Waals surface area contributed by atoms with Gasteiger partial charge in [0.15, 0.2) is 0 Å². The zero-order chi connectivity index (χ0) is 13.0. The van der Waals surface area contributed by atoms with Crippen LogP contribution in [0.3, 0.4) is 0 Å². The summed E-state index contributed by atoms with van der Waals surface area (Å²) in [6.45, 7) is 0. The molecule has 2 nitrogen and oxygen atoms in total. The summed E-state index contributed by atoms with van der Waals surface area (Å²) in [5.41, 5.74) is -0.181. The van der Waals surface area contributed by atoms with Crippen molar-refractivity contribution in [1.82, 2.24) is 4.72 Å². The van der Waals surface area contributed by atoms with E-state index >= 15 is 0 Å². The minimum absolute atomic E-state index is 0.181. The second-order valence-corrected chi connectivity index (χ2v) is 4.35. The van der Waals surface area contributed by atoms with Crippen LogP contribution < -0.4 is 4.72 Å². The number of hydrogen-bond donors (Lipinski definition) is 1. The van der Waals surface area contributed by atoms with Crippen LogP contribution in [0, 0.1) is 11.6 Å². The van der Waals surface area contributed by atoms with Gasteiger partial charge >= 0.3 is 0 Å². The third-order valence-electron chi connectivity index (χ3n) is 2.18. The molecular weight excluding hydrogens is 256 g/mol. The summed E-state index contributed by atoms with van der Waals surface area (Å²) in [5.74, 6) is -2.18. The fourth-order valence-electron chi connectivity index (χ4n) is 1.32. The molecule has 0 aliphatic carbocycles. The molecule has 5 heteroatoms. The molecule has 0 unspecified atom stereocenters. The number of carbonyl (C=O) groups excluding carboxylic acids is 1. The lowest BCUT2D eigenvalue weighted by molar-refractivity contribution is 0.0980. The van der Waals surface area contributed by atoms with Gasteiger partial charge in [0.05, 0.1) is 5.56 Å². The monoisotopic (exact) mass is 265 g/mol. The number of halogens is 2.